The Bertz CT molecular complexity index is 1000. The number of aromatic nitrogens is 3. The van der Waals surface area contributed by atoms with E-state index in [0.717, 1.165) is 22.5 Å². The average molecular weight is 405 g/mol. The molecule has 0 radical (unpaired) electrons. The van der Waals surface area contributed by atoms with Crippen LogP contribution in [0.15, 0.2) is 66.3 Å². The Morgan fingerprint density at radius 3 is 2.10 bits per heavy atom. The minimum absolute atomic E-state index is 0.0852. The molecule has 1 amide bonds. The van der Waals surface area contributed by atoms with Crippen LogP contribution in [0.5, 0.6) is 0 Å². The van der Waals surface area contributed by atoms with Gasteiger partial charge in [-0.25, -0.2) is 4.98 Å². The predicted molar refractivity (Wildman–Crippen MR) is 119 cm³/mol. The minimum Gasteiger partial charge on any atom is -0.352 e. The first-order valence-electron chi connectivity index (χ1n) is 9.42. The number of carbonyl (C=O) groups is 1. The van der Waals surface area contributed by atoms with Gasteiger partial charge in [0.05, 0.1) is 5.25 Å². The van der Waals surface area contributed by atoms with E-state index >= 15 is 0 Å². The zero-order valence-corrected chi connectivity index (χ0v) is 17.7. The molecule has 1 heterocycles. The molecule has 0 aliphatic rings. The predicted octanol–water partition coefficient (Wildman–Crippen LogP) is 4.61. The number of amides is 1. The van der Waals surface area contributed by atoms with Crippen LogP contribution in [0.25, 0.3) is 22.5 Å². The number of rotatable bonds is 7. The van der Waals surface area contributed by atoms with Gasteiger partial charge in [0.25, 0.3) is 0 Å². The molecule has 0 aliphatic heterocycles. The van der Waals surface area contributed by atoms with Crippen molar-refractivity contribution in [3.8, 4) is 22.5 Å². The van der Waals surface area contributed by atoms with E-state index in [9.17, 15) is 4.79 Å². The van der Waals surface area contributed by atoms with Gasteiger partial charge in [0.2, 0.25) is 11.1 Å². The summed E-state index contributed by atoms with van der Waals surface area (Å²) in [5, 5.41) is 11.7. The second-order valence-electron chi connectivity index (χ2n) is 6.82. The maximum absolute atomic E-state index is 12.2. The summed E-state index contributed by atoms with van der Waals surface area (Å²) < 4.78 is 0. The molecule has 0 unspecified atom stereocenters. The van der Waals surface area contributed by atoms with Gasteiger partial charge in [-0.05, 0) is 20.8 Å². The van der Waals surface area contributed by atoms with Crippen LogP contribution < -0.4 is 5.32 Å². The first kappa shape index (κ1) is 20.7. The first-order chi connectivity index (χ1) is 14.0. The molecule has 3 rings (SSSR count). The van der Waals surface area contributed by atoms with Gasteiger partial charge in [-0.2, -0.15) is 0 Å². The van der Waals surface area contributed by atoms with Crippen LogP contribution in [-0.4, -0.2) is 32.9 Å². The molecule has 1 aromatic heterocycles. The van der Waals surface area contributed by atoms with Gasteiger partial charge in [-0.3, -0.25) is 4.79 Å². The van der Waals surface area contributed by atoms with Crippen molar-refractivity contribution in [2.75, 3.05) is 6.54 Å². The monoisotopic (exact) mass is 404 g/mol. The van der Waals surface area contributed by atoms with E-state index in [1.54, 1.807) is 6.08 Å². The van der Waals surface area contributed by atoms with Crippen LogP contribution in [0.4, 0.5) is 0 Å². The molecule has 0 saturated heterocycles. The fourth-order valence-corrected chi connectivity index (χ4v) is 3.45. The highest BCUT2D eigenvalue weighted by Gasteiger charge is 2.19. The van der Waals surface area contributed by atoms with Crippen molar-refractivity contribution in [1.29, 1.82) is 0 Å². The van der Waals surface area contributed by atoms with Crippen LogP contribution in [0.1, 0.15) is 18.1 Å². The molecular weight excluding hydrogens is 380 g/mol. The summed E-state index contributed by atoms with van der Waals surface area (Å²) in [4.78, 5) is 16.9. The Balaban J connectivity index is 1.97. The standard InChI is InChI=1S/C23H24N4OS/c1-5-14-24-22(28)17(4)29-23-25-20(18-10-6-15(2)7-11-18)21(26-27-23)19-12-8-16(3)9-13-19/h5-13,17H,1,14H2,2-4H3,(H,24,28)/t17-/m1/s1. The van der Waals surface area contributed by atoms with Crippen LogP contribution in [0, 0.1) is 13.8 Å². The maximum Gasteiger partial charge on any atom is 0.233 e. The highest BCUT2D eigenvalue weighted by Crippen LogP contribution is 2.31. The molecule has 1 atom stereocenters. The Kier molecular flexibility index (Phi) is 6.77. The Morgan fingerprint density at radius 1 is 1.00 bits per heavy atom. The lowest BCUT2D eigenvalue weighted by atomic mass is 10.0. The number of aryl methyl sites for hydroxylation is 2. The molecule has 0 saturated carbocycles. The Labute approximate surface area is 175 Å². The van der Waals surface area contributed by atoms with Gasteiger partial charge in [-0.1, -0.05) is 77.5 Å². The highest BCUT2D eigenvalue weighted by molar-refractivity contribution is 8.00. The lowest BCUT2D eigenvalue weighted by molar-refractivity contribution is -0.120. The summed E-state index contributed by atoms with van der Waals surface area (Å²) in [5.41, 5.74) is 5.76. The van der Waals surface area contributed by atoms with E-state index in [2.05, 4.69) is 34.2 Å². The van der Waals surface area contributed by atoms with Gasteiger partial charge in [0.1, 0.15) is 11.4 Å². The Morgan fingerprint density at radius 2 is 1.55 bits per heavy atom. The maximum atomic E-state index is 12.2. The van der Waals surface area contributed by atoms with Crippen molar-refractivity contribution in [3.05, 3.63) is 72.3 Å². The number of benzene rings is 2. The summed E-state index contributed by atoms with van der Waals surface area (Å²) >= 11 is 1.29. The molecule has 1 N–H and O–H groups in total. The summed E-state index contributed by atoms with van der Waals surface area (Å²) in [5.74, 6) is -0.0852. The first-order valence-corrected chi connectivity index (χ1v) is 10.3. The molecule has 29 heavy (non-hydrogen) atoms. The SMILES string of the molecule is C=CCNC(=O)[C@@H](C)Sc1nnc(-c2ccc(C)cc2)c(-c2ccc(C)cc2)n1. The number of nitrogens with one attached hydrogen (secondary N) is 1. The molecule has 5 nitrogen and oxygen atoms in total. The van der Waals surface area contributed by atoms with Crippen molar-refractivity contribution >= 4 is 17.7 Å². The van der Waals surface area contributed by atoms with Gasteiger partial charge in [-0.15, -0.1) is 16.8 Å². The summed E-state index contributed by atoms with van der Waals surface area (Å²) in [6.07, 6.45) is 1.65. The van der Waals surface area contributed by atoms with Gasteiger partial charge >= 0.3 is 0 Å². The molecule has 0 bridgehead atoms. The van der Waals surface area contributed by atoms with E-state index in [1.807, 2.05) is 57.2 Å². The molecule has 2 aromatic carbocycles. The van der Waals surface area contributed by atoms with Crippen molar-refractivity contribution in [3.63, 3.8) is 0 Å². The van der Waals surface area contributed by atoms with Crippen LogP contribution in [0.2, 0.25) is 0 Å². The summed E-state index contributed by atoms with van der Waals surface area (Å²) in [7, 11) is 0. The average Bonchev–Trinajstić information content (AvgIpc) is 2.73. The fraction of sp³-hybridized carbons (Fsp3) is 0.217. The van der Waals surface area contributed by atoms with E-state index in [0.29, 0.717) is 11.7 Å². The fourth-order valence-electron chi connectivity index (χ4n) is 2.71. The largest absolute Gasteiger partial charge is 0.352 e. The second kappa shape index (κ2) is 9.47. The Hall–Kier alpha value is -2.99. The van der Waals surface area contributed by atoms with Crippen molar-refractivity contribution < 1.29 is 4.79 Å². The molecule has 0 spiro atoms. The van der Waals surface area contributed by atoms with E-state index in [4.69, 9.17) is 4.98 Å². The third-order valence-corrected chi connectivity index (χ3v) is 5.34. The van der Waals surface area contributed by atoms with Crippen LogP contribution >= 0.6 is 11.8 Å². The van der Waals surface area contributed by atoms with Gasteiger partial charge in [0.15, 0.2) is 0 Å². The normalized spacial score (nSPS) is 11.7. The summed E-state index contributed by atoms with van der Waals surface area (Å²) in [6.45, 7) is 9.97. The molecular formula is C23H24N4OS. The van der Waals surface area contributed by atoms with E-state index < -0.39 is 0 Å². The van der Waals surface area contributed by atoms with Crippen molar-refractivity contribution in [2.45, 2.75) is 31.2 Å². The zero-order valence-electron chi connectivity index (χ0n) is 16.8. The number of carbonyl (C=O) groups excluding carboxylic acids is 1. The van der Waals surface area contributed by atoms with E-state index in [1.165, 1.54) is 22.9 Å². The van der Waals surface area contributed by atoms with Crippen LogP contribution in [0.3, 0.4) is 0 Å². The van der Waals surface area contributed by atoms with Gasteiger partial charge in [0, 0.05) is 17.7 Å². The minimum atomic E-state index is -0.340. The van der Waals surface area contributed by atoms with E-state index in [-0.39, 0.29) is 11.2 Å². The number of hydrogen-bond donors (Lipinski definition) is 1. The molecule has 6 heteroatoms. The zero-order chi connectivity index (χ0) is 20.8. The third-order valence-electron chi connectivity index (χ3n) is 4.39. The topological polar surface area (TPSA) is 67.8 Å². The smallest absolute Gasteiger partial charge is 0.233 e. The number of nitrogens with zero attached hydrogens (tertiary/aromatic N) is 3. The number of thioether (sulfide) groups is 1. The molecule has 148 valence electrons. The quantitative estimate of drug-likeness (QED) is 0.460. The van der Waals surface area contributed by atoms with Crippen molar-refractivity contribution in [2.24, 2.45) is 0 Å². The van der Waals surface area contributed by atoms with Gasteiger partial charge < -0.3 is 5.32 Å². The van der Waals surface area contributed by atoms with Crippen LogP contribution in [-0.2, 0) is 4.79 Å². The molecule has 0 aliphatic carbocycles. The third kappa shape index (κ3) is 5.29. The summed E-state index contributed by atoms with van der Waals surface area (Å²) in [6, 6.07) is 16.3. The lowest BCUT2D eigenvalue weighted by Crippen LogP contribution is -2.31. The highest BCUT2D eigenvalue weighted by atomic mass is 32.2. The molecule has 3 aromatic rings. The molecule has 0 fully saturated rings. The van der Waals surface area contributed by atoms with Crippen molar-refractivity contribution in [1.82, 2.24) is 20.5 Å². The number of hydrogen-bond acceptors (Lipinski definition) is 5. The lowest BCUT2D eigenvalue weighted by Gasteiger charge is -2.12. The second-order valence-corrected chi connectivity index (χ2v) is 8.13.